The summed E-state index contributed by atoms with van der Waals surface area (Å²) in [6.07, 6.45) is 11.4. The van der Waals surface area contributed by atoms with Crippen molar-refractivity contribution in [1.29, 1.82) is 0 Å². The fraction of sp³-hybridized carbons (Fsp3) is 0.344. The predicted molar refractivity (Wildman–Crippen MR) is 146 cm³/mol. The van der Waals surface area contributed by atoms with Crippen LogP contribution in [0.25, 0.3) is 11.8 Å². The molecule has 6 heteroatoms. The molecule has 4 bridgehead atoms. The highest BCUT2D eigenvalue weighted by atomic mass is 16.2. The third-order valence-electron chi connectivity index (χ3n) is 9.26. The molecular weight excluding hydrogens is 474 g/mol. The Labute approximate surface area is 222 Å². The number of hydrogen-bond donors (Lipinski definition) is 1. The summed E-state index contributed by atoms with van der Waals surface area (Å²) in [5, 5.41) is 2.36. The first kappa shape index (κ1) is 23.2. The van der Waals surface area contributed by atoms with Gasteiger partial charge in [-0.15, -0.1) is 0 Å². The van der Waals surface area contributed by atoms with Gasteiger partial charge in [0.1, 0.15) is 5.57 Å². The molecule has 38 heavy (non-hydrogen) atoms. The highest BCUT2D eigenvalue weighted by molar-refractivity contribution is 6.39. The molecule has 1 aromatic heterocycles. The Morgan fingerprint density at radius 2 is 1.42 bits per heavy atom. The van der Waals surface area contributed by atoms with Crippen molar-refractivity contribution in [3.8, 4) is 5.69 Å². The van der Waals surface area contributed by atoms with Crippen molar-refractivity contribution >= 4 is 29.6 Å². The van der Waals surface area contributed by atoms with Gasteiger partial charge >= 0.3 is 6.03 Å². The van der Waals surface area contributed by atoms with Crippen molar-refractivity contribution in [2.45, 2.75) is 50.9 Å². The Kier molecular flexibility index (Phi) is 5.22. The Morgan fingerprint density at radius 3 is 2.05 bits per heavy atom. The molecule has 1 N–H and O–H groups in total. The van der Waals surface area contributed by atoms with Gasteiger partial charge in [0.2, 0.25) is 0 Å². The predicted octanol–water partition coefficient (Wildman–Crippen LogP) is 5.92. The van der Waals surface area contributed by atoms with Gasteiger partial charge < -0.3 is 4.57 Å². The first-order valence-corrected chi connectivity index (χ1v) is 13.6. The molecule has 4 amide bonds. The van der Waals surface area contributed by atoms with Gasteiger partial charge in [0.15, 0.2) is 0 Å². The zero-order chi connectivity index (χ0) is 26.0. The minimum Gasteiger partial charge on any atom is -0.317 e. The van der Waals surface area contributed by atoms with E-state index < -0.39 is 17.8 Å². The molecule has 6 nitrogen and oxygen atoms in total. The number of amides is 4. The van der Waals surface area contributed by atoms with Crippen molar-refractivity contribution in [3.05, 3.63) is 89.3 Å². The van der Waals surface area contributed by atoms with Crippen LogP contribution in [-0.2, 0) is 15.0 Å². The summed E-state index contributed by atoms with van der Waals surface area (Å²) in [7, 11) is 0. The van der Waals surface area contributed by atoms with Crippen molar-refractivity contribution in [2.75, 3.05) is 4.90 Å². The van der Waals surface area contributed by atoms with E-state index in [1.165, 1.54) is 44.1 Å². The number of nitrogens with zero attached hydrogens (tertiary/aromatic N) is 2. The molecule has 1 aliphatic heterocycles. The number of hydrogen-bond acceptors (Lipinski definition) is 3. The van der Waals surface area contributed by atoms with Crippen molar-refractivity contribution in [3.63, 3.8) is 0 Å². The molecule has 3 aromatic rings. The van der Waals surface area contributed by atoms with E-state index in [9.17, 15) is 14.4 Å². The van der Waals surface area contributed by atoms with Crippen LogP contribution < -0.4 is 10.2 Å². The average molecular weight is 506 g/mol. The van der Waals surface area contributed by atoms with E-state index in [0.29, 0.717) is 11.4 Å². The topological polar surface area (TPSA) is 71.4 Å². The number of aromatic nitrogens is 1. The molecule has 0 unspecified atom stereocenters. The Bertz CT molecular complexity index is 1440. The molecule has 0 spiro atoms. The molecule has 4 aliphatic carbocycles. The molecule has 0 radical (unpaired) electrons. The molecule has 1 saturated heterocycles. The van der Waals surface area contributed by atoms with Crippen molar-refractivity contribution in [1.82, 2.24) is 9.88 Å². The van der Waals surface area contributed by atoms with Gasteiger partial charge in [0.25, 0.3) is 11.8 Å². The SMILES string of the molecule is Cc1ccc(-n2cccc2/C=C2/C(=O)NC(=O)N(c3ccc(C45CC6CC(CC(C6)C4)C5)cc3)C2=O)cc1. The van der Waals surface area contributed by atoms with Gasteiger partial charge in [-0.25, -0.2) is 9.69 Å². The van der Waals surface area contributed by atoms with Crippen LogP contribution in [0.2, 0.25) is 0 Å². The fourth-order valence-electron chi connectivity index (χ4n) is 7.92. The van der Waals surface area contributed by atoms with E-state index in [1.54, 1.807) is 6.08 Å². The van der Waals surface area contributed by atoms with Crippen molar-refractivity contribution < 1.29 is 14.4 Å². The Hall–Kier alpha value is -3.93. The molecule has 5 aliphatic rings. The van der Waals surface area contributed by atoms with Gasteiger partial charge in [-0.05, 0) is 117 Å². The highest BCUT2D eigenvalue weighted by Crippen LogP contribution is 2.60. The molecule has 2 aromatic carbocycles. The van der Waals surface area contributed by atoms with E-state index in [2.05, 4.69) is 17.4 Å². The van der Waals surface area contributed by atoms with Crippen LogP contribution in [0.15, 0.2) is 72.4 Å². The zero-order valence-corrected chi connectivity index (χ0v) is 21.5. The van der Waals surface area contributed by atoms with E-state index in [1.807, 2.05) is 66.2 Å². The number of carbonyl (C=O) groups excluding carboxylic acids is 3. The average Bonchev–Trinajstić information content (AvgIpc) is 3.35. The maximum absolute atomic E-state index is 13.5. The second-order valence-electron chi connectivity index (χ2n) is 11.8. The lowest BCUT2D eigenvalue weighted by Crippen LogP contribution is -2.54. The third kappa shape index (κ3) is 3.73. The molecule has 8 rings (SSSR count). The summed E-state index contributed by atoms with van der Waals surface area (Å²) < 4.78 is 1.91. The standard InChI is InChI=1S/C32H31N3O3/c1-20-4-8-25(9-5-20)34-12-2-3-27(34)16-28-29(36)33-31(38)35(30(28)37)26-10-6-24(7-11-26)32-17-21-13-22(18-32)15-23(14-21)19-32/h2-12,16,21-23H,13-15,17-19H2,1H3,(H,33,36,38)/b28-16-. The summed E-state index contributed by atoms with van der Waals surface area (Å²) in [5.41, 5.74) is 4.72. The summed E-state index contributed by atoms with van der Waals surface area (Å²) in [5.74, 6) is 1.23. The number of urea groups is 1. The second kappa shape index (κ2) is 8.55. The Morgan fingerprint density at radius 1 is 0.816 bits per heavy atom. The summed E-state index contributed by atoms with van der Waals surface area (Å²) in [4.78, 5) is 40.2. The minimum atomic E-state index is -0.714. The first-order chi connectivity index (χ1) is 18.4. The van der Waals surface area contributed by atoms with Crippen molar-refractivity contribution in [2.24, 2.45) is 17.8 Å². The van der Waals surface area contributed by atoms with Crippen LogP contribution >= 0.6 is 0 Å². The van der Waals surface area contributed by atoms with Crippen LogP contribution in [0.4, 0.5) is 10.5 Å². The van der Waals surface area contributed by atoms with Gasteiger partial charge in [-0.3, -0.25) is 14.9 Å². The molecule has 2 heterocycles. The highest BCUT2D eigenvalue weighted by Gasteiger charge is 2.51. The van der Waals surface area contributed by atoms with Crippen LogP contribution in [0, 0.1) is 24.7 Å². The van der Waals surface area contributed by atoms with Gasteiger partial charge in [0.05, 0.1) is 5.69 Å². The van der Waals surface area contributed by atoms with Crippen LogP contribution in [0.5, 0.6) is 0 Å². The van der Waals surface area contributed by atoms with Gasteiger partial charge in [-0.1, -0.05) is 29.8 Å². The number of carbonyl (C=O) groups is 3. The number of anilines is 1. The number of nitrogens with one attached hydrogen (secondary N) is 1. The van der Waals surface area contributed by atoms with E-state index in [0.717, 1.165) is 33.9 Å². The number of benzene rings is 2. The quantitative estimate of drug-likeness (QED) is 0.353. The molecule has 4 saturated carbocycles. The van der Waals surface area contributed by atoms with Crippen LogP contribution in [0.3, 0.4) is 0 Å². The second-order valence-corrected chi connectivity index (χ2v) is 11.8. The van der Waals surface area contributed by atoms with E-state index >= 15 is 0 Å². The van der Waals surface area contributed by atoms with Gasteiger partial charge in [-0.2, -0.15) is 0 Å². The number of imide groups is 2. The molecule has 5 fully saturated rings. The third-order valence-corrected chi connectivity index (χ3v) is 9.26. The maximum atomic E-state index is 13.5. The molecule has 192 valence electrons. The lowest BCUT2D eigenvalue weighted by Gasteiger charge is -2.57. The normalized spacial score (nSPS) is 29.3. The van der Waals surface area contributed by atoms with E-state index in [4.69, 9.17) is 0 Å². The monoisotopic (exact) mass is 505 g/mol. The summed E-state index contributed by atoms with van der Waals surface area (Å²) in [6.45, 7) is 2.02. The van der Waals surface area contributed by atoms with Gasteiger partial charge in [0, 0.05) is 17.6 Å². The first-order valence-electron chi connectivity index (χ1n) is 13.6. The molecular formula is C32H31N3O3. The number of barbiturate groups is 1. The lowest BCUT2D eigenvalue weighted by molar-refractivity contribution is -0.122. The van der Waals surface area contributed by atoms with Crippen LogP contribution in [-0.4, -0.2) is 22.4 Å². The maximum Gasteiger partial charge on any atom is 0.335 e. The number of rotatable bonds is 4. The molecule has 0 atom stereocenters. The smallest absolute Gasteiger partial charge is 0.317 e. The fourth-order valence-corrected chi connectivity index (χ4v) is 7.92. The summed E-state index contributed by atoms with van der Waals surface area (Å²) >= 11 is 0. The Balaban J connectivity index is 1.18. The zero-order valence-electron chi connectivity index (χ0n) is 21.5. The van der Waals surface area contributed by atoms with Crippen LogP contribution in [0.1, 0.15) is 55.3 Å². The summed E-state index contributed by atoms with van der Waals surface area (Å²) in [6, 6.07) is 18.9. The number of aryl methyl sites for hydroxylation is 1. The van der Waals surface area contributed by atoms with E-state index in [-0.39, 0.29) is 11.0 Å². The lowest BCUT2D eigenvalue weighted by atomic mass is 9.48. The largest absolute Gasteiger partial charge is 0.335 e. The minimum absolute atomic E-state index is 0.0678.